The molecule has 10 atom stereocenters. The molecule has 2 spiro atoms. The van der Waals surface area contributed by atoms with Crippen LogP contribution in [0.2, 0.25) is 0 Å². The van der Waals surface area contributed by atoms with Gasteiger partial charge in [0.05, 0.1) is 63.3 Å². The molecule has 2 aromatic carbocycles. The maximum Gasteiger partial charge on any atom is 0.102 e. The van der Waals surface area contributed by atoms with E-state index in [0.29, 0.717) is 23.9 Å². The Hall–Kier alpha value is -1.70. The van der Waals surface area contributed by atoms with E-state index in [1.807, 2.05) is 0 Å². The lowest BCUT2D eigenvalue weighted by Crippen LogP contribution is -3.00. The molecule has 2 N–H and O–H groups in total. The van der Waals surface area contributed by atoms with Crippen LogP contribution in [0.1, 0.15) is 36.8 Å². The number of aliphatic hydroxyl groups excluding tert-OH is 2. The minimum absolute atomic E-state index is 0. The lowest BCUT2D eigenvalue weighted by atomic mass is 9.56. The summed E-state index contributed by atoms with van der Waals surface area (Å²) in [6.45, 7) is 4.70. The van der Waals surface area contributed by atoms with E-state index >= 15 is 0 Å². The number of fused-ring (bicyclic) bond motifs is 8. The molecule has 252 valence electrons. The second kappa shape index (κ2) is 10.4. The number of anilines is 2. The Labute approximate surface area is 318 Å². The third kappa shape index (κ3) is 3.49. The molecule has 0 amide bonds. The van der Waals surface area contributed by atoms with Gasteiger partial charge in [-0.15, -0.1) is 0 Å². The van der Waals surface area contributed by atoms with E-state index in [-0.39, 0.29) is 84.1 Å². The molecule has 11 rings (SSSR count). The fraction of sp³-hybridized carbons (Fsp3) is 0.500. The Kier molecular flexibility index (Phi) is 7.01. The van der Waals surface area contributed by atoms with Gasteiger partial charge in [-0.1, -0.05) is 48.6 Å². The number of rotatable bonds is 2. The first-order valence-corrected chi connectivity index (χ1v) is 17.8. The van der Waals surface area contributed by atoms with Crippen LogP contribution in [0.25, 0.3) is 0 Å². The van der Waals surface area contributed by atoms with Crippen LogP contribution in [-0.4, -0.2) is 96.8 Å². The molecule has 10 unspecified atom stereocenters. The standard InChI is InChI=1S/C40H46N4O2.2HI/c1-43-15-13-39-31-7-3-5-9-33(31)41-22-30-28-20-36-40(14-16-44(36,2)24-26(28)12-18-46)32-8-4-6-10-34(32)42(38(30)40)21-29(37(39)41)27(19-35(39)43)25(23-43)11-17-45;;/h3-12,21-22,27-28,35-38,45-46H,13-20,23-24H2,1-2H3;2*1H/q+2;;/p-2/b25-11-,26-12+,29-21-,30-22-;;. The first-order chi connectivity index (χ1) is 22.4. The molecule has 7 aliphatic heterocycles. The minimum Gasteiger partial charge on any atom is -1.00 e. The molecule has 2 aromatic rings. The Bertz CT molecular complexity index is 1740. The van der Waals surface area contributed by atoms with Gasteiger partial charge < -0.3 is 76.9 Å². The predicted molar refractivity (Wildman–Crippen MR) is 180 cm³/mol. The van der Waals surface area contributed by atoms with E-state index in [1.54, 1.807) is 22.3 Å². The summed E-state index contributed by atoms with van der Waals surface area (Å²) in [4.78, 5) is 5.55. The number of piperidine rings is 2. The summed E-state index contributed by atoms with van der Waals surface area (Å²) in [5, 5.41) is 20.6. The first-order valence-electron chi connectivity index (χ1n) is 17.8. The number of nitrogens with zero attached hydrogens (tertiary/aromatic N) is 4. The van der Waals surface area contributed by atoms with Crippen molar-refractivity contribution in [1.82, 2.24) is 0 Å². The van der Waals surface area contributed by atoms with Crippen molar-refractivity contribution in [3.63, 3.8) is 0 Å². The highest BCUT2D eigenvalue weighted by molar-refractivity contribution is 5.77. The molecule has 2 saturated carbocycles. The maximum absolute atomic E-state index is 10.3. The second-order valence-corrected chi connectivity index (χ2v) is 16.7. The average molecular weight is 869 g/mol. The van der Waals surface area contributed by atoms with E-state index in [4.69, 9.17) is 0 Å². The van der Waals surface area contributed by atoms with Gasteiger partial charge in [0.2, 0.25) is 0 Å². The van der Waals surface area contributed by atoms with Crippen LogP contribution in [0.4, 0.5) is 11.4 Å². The van der Waals surface area contributed by atoms with Crippen LogP contribution in [0.5, 0.6) is 0 Å². The van der Waals surface area contributed by atoms with Crippen molar-refractivity contribution >= 4 is 11.4 Å². The van der Waals surface area contributed by atoms with Gasteiger partial charge in [-0.05, 0) is 45.6 Å². The molecule has 2 aliphatic carbocycles. The number of likely N-dealkylation sites (N-methyl/N-ethyl adjacent to an activating group) is 2. The zero-order chi connectivity index (χ0) is 30.8. The zero-order valence-corrected chi connectivity index (χ0v) is 32.2. The smallest absolute Gasteiger partial charge is 0.102 e. The van der Waals surface area contributed by atoms with Crippen LogP contribution < -0.4 is 57.8 Å². The molecular weight excluding hydrogens is 822 g/mol. The number of halogens is 2. The van der Waals surface area contributed by atoms with Crippen molar-refractivity contribution in [2.24, 2.45) is 11.8 Å². The van der Waals surface area contributed by atoms with Crippen molar-refractivity contribution in [2.75, 3.05) is 63.3 Å². The van der Waals surface area contributed by atoms with Crippen LogP contribution in [0, 0.1) is 11.8 Å². The van der Waals surface area contributed by atoms with Gasteiger partial charge in [0.25, 0.3) is 0 Å². The molecule has 4 saturated heterocycles. The number of benzene rings is 2. The molecule has 0 radical (unpaired) electrons. The number of aliphatic hydroxyl groups is 2. The van der Waals surface area contributed by atoms with E-state index < -0.39 is 0 Å². The number of quaternary nitrogens is 2. The highest BCUT2D eigenvalue weighted by atomic mass is 127. The first kappa shape index (κ1) is 32.2. The van der Waals surface area contributed by atoms with Crippen molar-refractivity contribution in [3.05, 3.63) is 107 Å². The monoisotopic (exact) mass is 868 g/mol. The summed E-state index contributed by atoms with van der Waals surface area (Å²) in [5.41, 5.74) is 12.1. The Morgan fingerprint density at radius 3 is 1.52 bits per heavy atom. The van der Waals surface area contributed by atoms with Crippen LogP contribution >= 0.6 is 0 Å². The summed E-state index contributed by atoms with van der Waals surface area (Å²) in [6.07, 6.45) is 14.4. The molecule has 4 bridgehead atoms. The molecule has 48 heavy (non-hydrogen) atoms. The summed E-state index contributed by atoms with van der Waals surface area (Å²) in [6, 6.07) is 20.5. The predicted octanol–water partition coefficient (Wildman–Crippen LogP) is -1.63. The topological polar surface area (TPSA) is 46.9 Å². The molecule has 6 fully saturated rings. The Morgan fingerprint density at radius 1 is 0.688 bits per heavy atom. The number of para-hydroxylation sites is 2. The largest absolute Gasteiger partial charge is 1.00 e. The van der Waals surface area contributed by atoms with Gasteiger partial charge in [0, 0.05) is 61.3 Å². The molecule has 7 heterocycles. The minimum atomic E-state index is 0. The molecule has 0 aromatic heterocycles. The quantitative estimate of drug-likeness (QED) is 0.217. The summed E-state index contributed by atoms with van der Waals surface area (Å²) < 4.78 is 2.18. The van der Waals surface area contributed by atoms with E-state index in [2.05, 4.69) is 97.0 Å². The third-order valence-electron chi connectivity index (χ3n) is 15.3. The SMILES string of the molecule is C[N+]12CCC34c5ccccc5N5/C=C6/C7CC8C9(CC[N+]8(C)C/C7=C/CO)c7ccccc7N(/C=C(/C(CC31)/C(=C/CO)C2)C54)C69.[I-].[I-]. The molecule has 6 nitrogen and oxygen atoms in total. The van der Waals surface area contributed by atoms with Gasteiger partial charge in [-0.2, -0.15) is 0 Å². The average Bonchev–Trinajstić information content (AvgIpc) is 3.73. The summed E-state index contributed by atoms with van der Waals surface area (Å²) in [7, 11) is 5.01. The third-order valence-corrected chi connectivity index (χ3v) is 15.3. The van der Waals surface area contributed by atoms with Crippen molar-refractivity contribution < 1.29 is 67.1 Å². The van der Waals surface area contributed by atoms with Crippen molar-refractivity contribution in [3.8, 4) is 0 Å². The Morgan fingerprint density at radius 2 is 1.10 bits per heavy atom. The van der Waals surface area contributed by atoms with E-state index in [0.717, 1.165) is 34.9 Å². The maximum atomic E-state index is 10.3. The number of hydrogen-bond acceptors (Lipinski definition) is 4. The van der Waals surface area contributed by atoms with Crippen molar-refractivity contribution in [2.45, 2.75) is 60.7 Å². The van der Waals surface area contributed by atoms with Gasteiger partial charge in [-0.25, -0.2) is 0 Å². The zero-order valence-electron chi connectivity index (χ0n) is 27.9. The van der Waals surface area contributed by atoms with Crippen LogP contribution in [0.15, 0.2) is 95.4 Å². The highest BCUT2D eigenvalue weighted by Gasteiger charge is 2.74. The van der Waals surface area contributed by atoms with Gasteiger partial charge >= 0.3 is 0 Å². The van der Waals surface area contributed by atoms with Gasteiger partial charge in [-0.3, -0.25) is 0 Å². The summed E-state index contributed by atoms with van der Waals surface area (Å²) >= 11 is 0. The second-order valence-electron chi connectivity index (χ2n) is 16.7. The lowest BCUT2D eigenvalue weighted by Gasteiger charge is -2.58. The fourth-order valence-corrected chi connectivity index (χ4v) is 13.8. The molecule has 8 heteroatoms. The summed E-state index contributed by atoms with van der Waals surface area (Å²) in [5.74, 6) is 0.709. The van der Waals surface area contributed by atoms with Gasteiger partial charge in [0.1, 0.15) is 25.2 Å². The van der Waals surface area contributed by atoms with Crippen LogP contribution in [0.3, 0.4) is 0 Å². The number of hydrogen-bond donors (Lipinski definition) is 2. The highest BCUT2D eigenvalue weighted by Crippen LogP contribution is 2.69. The van der Waals surface area contributed by atoms with Crippen molar-refractivity contribution in [1.29, 1.82) is 0 Å². The normalized spacial score (nSPS) is 46.6. The van der Waals surface area contributed by atoms with Gasteiger partial charge in [0.15, 0.2) is 0 Å². The van der Waals surface area contributed by atoms with Crippen LogP contribution in [-0.2, 0) is 10.8 Å². The molecule has 9 aliphatic rings. The lowest BCUT2D eigenvalue weighted by molar-refractivity contribution is -0.924. The fourth-order valence-electron chi connectivity index (χ4n) is 13.8. The van der Waals surface area contributed by atoms with E-state index in [9.17, 15) is 10.2 Å². The van der Waals surface area contributed by atoms with E-state index in [1.165, 1.54) is 48.5 Å². The molecular formula is C40H46I2N4O2. The Balaban J connectivity index is 0.00000157.